The molecule has 0 saturated carbocycles. The summed E-state index contributed by atoms with van der Waals surface area (Å²) in [6.45, 7) is 10.4. The Morgan fingerprint density at radius 3 is 2.57 bits per heavy atom. The lowest BCUT2D eigenvalue weighted by molar-refractivity contribution is -0.0310. The molecule has 4 nitrogen and oxygen atoms in total. The lowest BCUT2D eigenvalue weighted by Gasteiger charge is -2.32. The van der Waals surface area contributed by atoms with Gasteiger partial charge in [0.1, 0.15) is 0 Å². The predicted octanol–water partition coefficient (Wildman–Crippen LogP) is 2.42. The van der Waals surface area contributed by atoms with Gasteiger partial charge >= 0.3 is 0 Å². The van der Waals surface area contributed by atoms with E-state index in [4.69, 9.17) is 9.47 Å². The third-order valence-corrected chi connectivity index (χ3v) is 4.59. The van der Waals surface area contributed by atoms with Crippen LogP contribution in [0, 0.1) is 0 Å². The molecule has 0 aromatic rings. The zero-order valence-electron chi connectivity index (χ0n) is 14.4. The van der Waals surface area contributed by atoms with Gasteiger partial charge in [-0.25, -0.2) is 0 Å². The fraction of sp³-hybridized carbons (Fsp3) is 1.00. The summed E-state index contributed by atoms with van der Waals surface area (Å²) < 4.78 is 12.0. The van der Waals surface area contributed by atoms with Crippen molar-refractivity contribution in [3.63, 3.8) is 0 Å². The Hall–Kier alpha value is -0.160. The van der Waals surface area contributed by atoms with Crippen LogP contribution in [0.25, 0.3) is 0 Å². The number of hydrogen-bond donors (Lipinski definition) is 1. The number of nitrogens with zero attached hydrogens (tertiary/aromatic N) is 1. The Morgan fingerprint density at radius 1 is 1.10 bits per heavy atom. The van der Waals surface area contributed by atoms with E-state index < -0.39 is 0 Å². The Balaban J connectivity index is 1.58. The molecule has 2 saturated heterocycles. The Bertz CT molecular complexity index is 304. The van der Waals surface area contributed by atoms with Gasteiger partial charge in [-0.3, -0.25) is 0 Å². The highest BCUT2D eigenvalue weighted by Gasteiger charge is 2.27. The monoisotopic (exact) mass is 298 g/mol. The fourth-order valence-electron chi connectivity index (χ4n) is 3.16. The number of hydrogen-bond acceptors (Lipinski definition) is 4. The van der Waals surface area contributed by atoms with Gasteiger partial charge in [0.15, 0.2) is 0 Å². The van der Waals surface area contributed by atoms with Crippen LogP contribution in [0.15, 0.2) is 0 Å². The van der Waals surface area contributed by atoms with Crippen LogP contribution in [0.5, 0.6) is 0 Å². The molecule has 2 aliphatic rings. The van der Waals surface area contributed by atoms with E-state index in [9.17, 15) is 0 Å². The van der Waals surface area contributed by atoms with Crippen LogP contribution in [-0.4, -0.2) is 62.0 Å². The van der Waals surface area contributed by atoms with Crippen molar-refractivity contribution in [3.05, 3.63) is 0 Å². The van der Waals surface area contributed by atoms with Crippen LogP contribution in [-0.2, 0) is 9.47 Å². The van der Waals surface area contributed by atoms with E-state index in [0.29, 0.717) is 18.2 Å². The predicted molar refractivity (Wildman–Crippen MR) is 86.7 cm³/mol. The summed E-state index contributed by atoms with van der Waals surface area (Å²) in [4.78, 5) is 2.44. The molecule has 0 spiro atoms. The number of rotatable bonds is 6. The molecule has 2 heterocycles. The third kappa shape index (κ3) is 6.23. The number of piperidine rings is 1. The molecule has 2 rings (SSSR count). The zero-order chi connectivity index (χ0) is 15.3. The van der Waals surface area contributed by atoms with Crippen LogP contribution in [0.2, 0.25) is 0 Å². The average molecular weight is 298 g/mol. The molecule has 0 aliphatic carbocycles. The Morgan fingerprint density at radius 2 is 1.86 bits per heavy atom. The highest BCUT2D eigenvalue weighted by Crippen LogP contribution is 2.21. The summed E-state index contributed by atoms with van der Waals surface area (Å²) >= 11 is 0. The van der Waals surface area contributed by atoms with Crippen molar-refractivity contribution < 1.29 is 9.47 Å². The van der Waals surface area contributed by atoms with Crippen molar-refractivity contribution in [3.8, 4) is 0 Å². The molecule has 0 bridgehead atoms. The van der Waals surface area contributed by atoms with Crippen molar-refractivity contribution >= 4 is 0 Å². The Labute approximate surface area is 130 Å². The standard InChI is InChI=1S/C17H34N2O2/c1-17(2,3)18-11-15-8-9-16(21-15)13-20-12-14-7-5-6-10-19(14)4/h14-16,18H,5-13H2,1-4H3. The quantitative estimate of drug-likeness (QED) is 0.816. The minimum Gasteiger partial charge on any atom is -0.377 e. The van der Waals surface area contributed by atoms with Gasteiger partial charge < -0.3 is 19.7 Å². The molecular formula is C17H34N2O2. The maximum Gasteiger partial charge on any atom is 0.0813 e. The second-order valence-corrected chi connectivity index (χ2v) is 7.76. The maximum atomic E-state index is 6.07. The van der Waals surface area contributed by atoms with E-state index in [1.54, 1.807) is 0 Å². The van der Waals surface area contributed by atoms with E-state index in [-0.39, 0.29) is 5.54 Å². The summed E-state index contributed by atoms with van der Waals surface area (Å²) in [5, 5.41) is 3.53. The number of nitrogens with one attached hydrogen (secondary N) is 1. The largest absolute Gasteiger partial charge is 0.377 e. The first-order valence-electron chi connectivity index (χ1n) is 8.62. The summed E-state index contributed by atoms with van der Waals surface area (Å²) in [7, 11) is 2.22. The van der Waals surface area contributed by atoms with E-state index in [0.717, 1.165) is 32.6 Å². The Kier molecular flexibility index (Phi) is 6.48. The molecule has 3 atom stereocenters. The van der Waals surface area contributed by atoms with Crippen LogP contribution < -0.4 is 5.32 Å². The third-order valence-electron chi connectivity index (χ3n) is 4.59. The highest BCUT2D eigenvalue weighted by atomic mass is 16.5. The summed E-state index contributed by atoms with van der Waals surface area (Å²) in [5.41, 5.74) is 0.170. The topological polar surface area (TPSA) is 33.7 Å². The minimum absolute atomic E-state index is 0.170. The maximum absolute atomic E-state index is 6.07. The molecule has 0 amide bonds. The first-order valence-corrected chi connectivity index (χ1v) is 8.62. The van der Waals surface area contributed by atoms with E-state index in [1.165, 1.54) is 25.8 Å². The molecule has 124 valence electrons. The van der Waals surface area contributed by atoms with E-state index in [2.05, 4.69) is 38.0 Å². The van der Waals surface area contributed by atoms with Crippen molar-refractivity contribution in [1.82, 2.24) is 10.2 Å². The van der Waals surface area contributed by atoms with Crippen molar-refractivity contribution in [2.45, 2.75) is 76.7 Å². The first kappa shape index (κ1) is 17.2. The lowest BCUT2D eigenvalue weighted by atomic mass is 10.0. The summed E-state index contributed by atoms with van der Waals surface area (Å²) in [6.07, 6.45) is 6.90. The van der Waals surface area contributed by atoms with Gasteiger partial charge in [-0.2, -0.15) is 0 Å². The van der Waals surface area contributed by atoms with E-state index in [1.807, 2.05) is 0 Å². The van der Waals surface area contributed by atoms with Crippen LogP contribution >= 0.6 is 0 Å². The van der Waals surface area contributed by atoms with Gasteiger partial charge in [0, 0.05) is 18.1 Å². The minimum atomic E-state index is 0.170. The van der Waals surface area contributed by atoms with Gasteiger partial charge in [0.25, 0.3) is 0 Å². The van der Waals surface area contributed by atoms with Crippen molar-refractivity contribution in [1.29, 1.82) is 0 Å². The SMILES string of the molecule is CN1CCCCC1COCC1CCC(CNC(C)(C)C)O1. The van der Waals surface area contributed by atoms with Crippen molar-refractivity contribution in [2.24, 2.45) is 0 Å². The number of ether oxygens (including phenoxy) is 2. The normalized spacial score (nSPS) is 31.7. The second kappa shape index (κ2) is 7.91. The molecule has 3 unspecified atom stereocenters. The van der Waals surface area contributed by atoms with Crippen LogP contribution in [0.1, 0.15) is 52.9 Å². The molecule has 4 heteroatoms. The summed E-state index contributed by atoms with van der Waals surface area (Å²) in [6, 6.07) is 0.610. The van der Waals surface area contributed by atoms with Gasteiger partial charge in [0.05, 0.1) is 25.4 Å². The molecule has 2 aliphatic heterocycles. The molecule has 0 radical (unpaired) electrons. The molecule has 2 fully saturated rings. The zero-order valence-corrected chi connectivity index (χ0v) is 14.4. The van der Waals surface area contributed by atoms with Gasteiger partial charge in [0.2, 0.25) is 0 Å². The molecule has 1 N–H and O–H groups in total. The van der Waals surface area contributed by atoms with Gasteiger partial charge in [-0.1, -0.05) is 6.42 Å². The van der Waals surface area contributed by atoms with Crippen LogP contribution in [0.4, 0.5) is 0 Å². The van der Waals surface area contributed by atoms with Crippen molar-refractivity contribution in [2.75, 3.05) is 33.4 Å². The van der Waals surface area contributed by atoms with Gasteiger partial charge in [-0.05, 0) is 60.0 Å². The smallest absolute Gasteiger partial charge is 0.0813 e. The first-order chi connectivity index (χ1) is 9.94. The number of likely N-dealkylation sites (tertiary alicyclic amines) is 1. The average Bonchev–Trinajstić information content (AvgIpc) is 2.86. The molecular weight excluding hydrogens is 264 g/mol. The second-order valence-electron chi connectivity index (χ2n) is 7.76. The van der Waals surface area contributed by atoms with Gasteiger partial charge in [-0.15, -0.1) is 0 Å². The lowest BCUT2D eigenvalue weighted by Crippen LogP contribution is -2.41. The molecule has 0 aromatic heterocycles. The molecule has 0 aromatic carbocycles. The van der Waals surface area contributed by atoms with E-state index >= 15 is 0 Å². The highest BCUT2D eigenvalue weighted by molar-refractivity contribution is 4.80. The fourth-order valence-corrected chi connectivity index (χ4v) is 3.16. The summed E-state index contributed by atoms with van der Waals surface area (Å²) in [5.74, 6) is 0. The molecule has 21 heavy (non-hydrogen) atoms. The van der Waals surface area contributed by atoms with Crippen LogP contribution in [0.3, 0.4) is 0 Å². The number of likely N-dealkylation sites (N-methyl/N-ethyl adjacent to an activating group) is 1.